The van der Waals surface area contributed by atoms with E-state index in [1.165, 1.54) is 16.7 Å². The van der Waals surface area contributed by atoms with E-state index in [9.17, 15) is 0 Å². The molecule has 0 atom stereocenters. The lowest BCUT2D eigenvalue weighted by Gasteiger charge is -2.21. The summed E-state index contributed by atoms with van der Waals surface area (Å²) >= 11 is 0. The maximum Gasteiger partial charge on any atom is 0.131 e. The first kappa shape index (κ1) is 13.4. The molecule has 1 aromatic heterocycles. The average molecular weight is 255 g/mol. The number of nitrogens with two attached hydrogens (primary N) is 1. The Hall–Kier alpha value is -2.03. The summed E-state index contributed by atoms with van der Waals surface area (Å²) in [6.07, 6.45) is 1.71. The third-order valence-corrected chi connectivity index (χ3v) is 3.42. The van der Waals surface area contributed by atoms with Crippen LogP contribution in [0.1, 0.15) is 22.3 Å². The molecule has 0 amide bonds. The number of hydrogen-bond donors (Lipinski definition) is 1. The molecule has 3 nitrogen and oxygen atoms in total. The van der Waals surface area contributed by atoms with Crippen LogP contribution in [0.15, 0.2) is 30.5 Å². The minimum Gasteiger partial charge on any atom is -0.397 e. The molecule has 0 aliphatic carbocycles. The zero-order valence-corrected chi connectivity index (χ0v) is 12.1. The van der Waals surface area contributed by atoms with Crippen LogP contribution in [0.3, 0.4) is 0 Å². The van der Waals surface area contributed by atoms with E-state index in [2.05, 4.69) is 49.0 Å². The standard InChI is InChI=1S/C16H21N3/c1-11-5-6-14(7-12(11)2)10-19(4)16-13(3)8-15(17)9-18-16/h5-9H,10,17H2,1-4H3. The van der Waals surface area contributed by atoms with Gasteiger partial charge in [-0.3, -0.25) is 0 Å². The summed E-state index contributed by atoms with van der Waals surface area (Å²) in [7, 11) is 2.06. The van der Waals surface area contributed by atoms with Crippen LogP contribution in [0.4, 0.5) is 11.5 Å². The van der Waals surface area contributed by atoms with Crippen LogP contribution in [0.25, 0.3) is 0 Å². The van der Waals surface area contributed by atoms with Crippen molar-refractivity contribution in [2.75, 3.05) is 17.7 Å². The number of rotatable bonds is 3. The first-order valence-corrected chi connectivity index (χ1v) is 6.47. The molecular weight excluding hydrogens is 234 g/mol. The third-order valence-electron chi connectivity index (χ3n) is 3.42. The van der Waals surface area contributed by atoms with Crippen LogP contribution in [0, 0.1) is 20.8 Å². The molecule has 1 aromatic carbocycles. The van der Waals surface area contributed by atoms with Crippen LogP contribution in [-0.4, -0.2) is 12.0 Å². The van der Waals surface area contributed by atoms with Crippen molar-refractivity contribution >= 4 is 11.5 Å². The second kappa shape index (κ2) is 5.31. The highest BCUT2D eigenvalue weighted by molar-refractivity contribution is 5.52. The van der Waals surface area contributed by atoms with Crippen molar-refractivity contribution in [3.8, 4) is 0 Å². The van der Waals surface area contributed by atoms with Crippen molar-refractivity contribution in [1.29, 1.82) is 0 Å². The Kier molecular flexibility index (Phi) is 3.74. The smallest absolute Gasteiger partial charge is 0.131 e. The van der Waals surface area contributed by atoms with E-state index in [1.807, 2.05) is 13.0 Å². The quantitative estimate of drug-likeness (QED) is 0.915. The van der Waals surface area contributed by atoms with Crippen molar-refractivity contribution in [3.05, 3.63) is 52.7 Å². The Morgan fingerprint density at radius 1 is 1.05 bits per heavy atom. The molecule has 2 aromatic rings. The molecule has 0 aliphatic heterocycles. The third kappa shape index (κ3) is 3.05. The van der Waals surface area contributed by atoms with Crippen LogP contribution in [-0.2, 0) is 6.54 Å². The average Bonchev–Trinajstić information content (AvgIpc) is 2.33. The summed E-state index contributed by atoms with van der Waals surface area (Å²) in [4.78, 5) is 6.57. The summed E-state index contributed by atoms with van der Waals surface area (Å²) in [5.41, 5.74) is 11.5. The molecule has 0 unspecified atom stereocenters. The second-order valence-corrected chi connectivity index (χ2v) is 5.18. The van der Waals surface area contributed by atoms with Crippen LogP contribution in [0.5, 0.6) is 0 Å². The highest BCUT2D eigenvalue weighted by Crippen LogP contribution is 2.20. The highest BCUT2D eigenvalue weighted by atomic mass is 15.2. The van der Waals surface area contributed by atoms with E-state index in [0.717, 1.165) is 17.9 Å². The van der Waals surface area contributed by atoms with Crippen LogP contribution >= 0.6 is 0 Å². The maximum absolute atomic E-state index is 5.74. The van der Waals surface area contributed by atoms with Gasteiger partial charge in [0.15, 0.2) is 0 Å². The van der Waals surface area contributed by atoms with Gasteiger partial charge in [-0.05, 0) is 49.1 Å². The molecule has 1 heterocycles. The summed E-state index contributed by atoms with van der Waals surface area (Å²) in [5, 5.41) is 0. The Labute approximate surface area is 115 Å². The molecule has 0 saturated carbocycles. The molecule has 0 spiro atoms. The molecule has 2 N–H and O–H groups in total. The fourth-order valence-corrected chi connectivity index (χ4v) is 2.24. The predicted molar refractivity (Wildman–Crippen MR) is 81.4 cm³/mol. The number of aryl methyl sites for hydroxylation is 3. The fourth-order valence-electron chi connectivity index (χ4n) is 2.24. The lowest BCUT2D eigenvalue weighted by atomic mass is 10.1. The number of benzene rings is 1. The molecule has 19 heavy (non-hydrogen) atoms. The van der Waals surface area contributed by atoms with Crippen molar-refractivity contribution in [2.45, 2.75) is 27.3 Å². The lowest BCUT2D eigenvalue weighted by molar-refractivity contribution is 0.889. The van der Waals surface area contributed by atoms with Gasteiger partial charge in [0.05, 0.1) is 11.9 Å². The van der Waals surface area contributed by atoms with E-state index >= 15 is 0 Å². The SMILES string of the molecule is Cc1ccc(CN(C)c2ncc(N)cc2C)cc1C. The van der Waals surface area contributed by atoms with E-state index < -0.39 is 0 Å². The van der Waals surface area contributed by atoms with Gasteiger partial charge in [0, 0.05) is 13.6 Å². The first-order chi connectivity index (χ1) is 8.97. The van der Waals surface area contributed by atoms with Crippen molar-refractivity contribution in [3.63, 3.8) is 0 Å². The Morgan fingerprint density at radius 3 is 2.42 bits per heavy atom. The molecule has 0 radical (unpaired) electrons. The van der Waals surface area contributed by atoms with Gasteiger partial charge >= 0.3 is 0 Å². The molecule has 0 bridgehead atoms. The number of hydrogen-bond acceptors (Lipinski definition) is 3. The summed E-state index contributed by atoms with van der Waals surface area (Å²) in [6, 6.07) is 8.53. The van der Waals surface area contributed by atoms with Crippen molar-refractivity contribution in [2.24, 2.45) is 0 Å². The van der Waals surface area contributed by atoms with E-state index in [4.69, 9.17) is 5.73 Å². The monoisotopic (exact) mass is 255 g/mol. The topological polar surface area (TPSA) is 42.2 Å². The number of pyridine rings is 1. The molecule has 3 heteroatoms. The normalized spacial score (nSPS) is 10.5. The number of aromatic nitrogens is 1. The Morgan fingerprint density at radius 2 is 1.79 bits per heavy atom. The minimum absolute atomic E-state index is 0.709. The van der Waals surface area contributed by atoms with Crippen LogP contribution in [0.2, 0.25) is 0 Å². The molecular formula is C16H21N3. The van der Waals surface area contributed by atoms with Gasteiger partial charge in [-0.25, -0.2) is 4.98 Å². The zero-order chi connectivity index (χ0) is 14.0. The zero-order valence-electron chi connectivity index (χ0n) is 12.1. The van der Waals surface area contributed by atoms with Crippen LogP contribution < -0.4 is 10.6 Å². The van der Waals surface area contributed by atoms with Gasteiger partial charge in [-0.2, -0.15) is 0 Å². The molecule has 0 saturated heterocycles. The molecule has 2 rings (SSSR count). The fraction of sp³-hybridized carbons (Fsp3) is 0.312. The van der Waals surface area contributed by atoms with E-state index in [1.54, 1.807) is 6.20 Å². The predicted octanol–water partition coefficient (Wildman–Crippen LogP) is 3.23. The largest absolute Gasteiger partial charge is 0.397 e. The minimum atomic E-state index is 0.709. The van der Waals surface area contributed by atoms with Gasteiger partial charge in [-0.15, -0.1) is 0 Å². The van der Waals surface area contributed by atoms with Gasteiger partial charge in [0.1, 0.15) is 5.82 Å². The lowest BCUT2D eigenvalue weighted by Crippen LogP contribution is -2.19. The molecule has 0 fully saturated rings. The number of nitrogen functional groups attached to an aromatic ring is 1. The van der Waals surface area contributed by atoms with Gasteiger partial charge in [0.25, 0.3) is 0 Å². The van der Waals surface area contributed by atoms with E-state index in [0.29, 0.717) is 5.69 Å². The molecule has 0 aliphatic rings. The number of nitrogens with zero attached hydrogens (tertiary/aromatic N) is 2. The van der Waals surface area contributed by atoms with E-state index in [-0.39, 0.29) is 0 Å². The second-order valence-electron chi connectivity index (χ2n) is 5.18. The van der Waals surface area contributed by atoms with Gasteiger partial charge < -0.3 is 10.6 Å². The van der Waals surface area contributed by atoms with Crippen molar-refractivity contribution in [1.82, 2.24) is 4.98 Å². The summed E-state index contributed by atoms with van der Waals surface area (Å²) in [5.74, 6) is 0.979. The van der Waals surface area contributed by atoms with Crippen molar-refractivity contribution < 1.29 is 0 Å². The summed E-state index contributed by atoms with van der Waals surface area (Å²) in [6.45, 7) is 7.16. The summed E-state index contributed by atoms with van der Waals surface area (Å²) < 4.78 is 0. The first-order valence-electron chi connectivity index (χ1n) is 6.47. The maximum atomic E-state index is 5.74. The van der Waals surface area contributed by atoms with Gasteiger partial charge in [0.2, 0.25) is 0 Å². The molecule has 100 valence electrons. The number of anilines is 2. The Balaban J connectivity index is 2.20. The highest BCUT2D eigenvalue weighted by Gasteiger charge is 2.07. The Bertz CT molecular complexity index is 591. The van der Waals surface area contributed by atoms with Gasteiger partial charge in [-0.1, -0.05) is 18.2 Å².